The van der Waals surface area contributed by atoms with E-state index in [1.54, 1.807) is 0 Å². The van der Waals surface area contributed by atoms with Crippen molar-refractivity contribution in [2.24, 2.45) is 0 Å². The molecule has 2 aromatic rings. The van der Waals surface area contributed by atoms with Crippen molar-refractivity contribution < 1.29 is 31.2 Å². The summed E-state index contributed by atoms with van der Waals surface area (Å²) in [6.07, 6.45) is -5.78. The van der Waals surface area contributed by atoms with Gasteiger partial charge in [0.2, 0.25) is 10.0 Å². The maximum Gasteiger partial charge on any atom is 0.416 e. The smallest absolute Gasteiger partial charge is 0.387 e. The van der Waals surface area contributed by atoms with E-state index in [0.717, 1.165) is 24.3 Å². The van der Waals surface area contributed by atoms with Gasteiger partial charge < -0.3 is 9.63 Å². The number of aryl methyl sites for hydroxylation is 2. The van der Waals surface area contributed by atoms with Gasteiger partial charge in [-0.3, -0.25) is 0 Å². The normalized spacial score (nSPS) is 13.9. The Kier molecular flexibility index (Phi) is 5.02. The van der Waals surface area contributed by atoms with Crippen LogP contribution in [0.2, 0.25) is 0 Å². The van der Waals surface area contributed by atoms with Crippen LogP contribution in [0.5, 0.6) is 0 Å². The predicted molar refractivity (Wildman–Crippen MR) is 77.6 cm³/mol. The van der Waals surface area contributed by atoms with Gasteiger partial charge in [0.15, 0.2) is 5.76 Å². The van der Waals surface area contributed by atoms with Gasteiger partial charge in [-0.05, 0) is 31.5 Å². The van der Waals surface area contributed by atoms with Crippen LogP contribution in [0.25, 0.3) is 0 Å². The molecular formula is C14H15F3N2O4S. The number of hydrogen-bond acceptors (Lipinski definition) is 5. The number of nitrogens with one attached hydrogen (secondary N) is 1. The van der Waals surface area contributed by atoms with Gasteiger partial charge >= 0.3 is 6.18 Å². The van der Waals surface area contributed by atoms with Crippen molar-refractivity contribution >= 4 is 10.0 Å². The van der Waals surface area contributed by atoms with E-state index in [9.17, 15) is 26.7 Å². The molecule has 1 aromatic heterocycles. The van der Waals surface area contributed by atoms with Gasteiger partial charge in [0.25, 0.3) is 0 Å². The lowest BCUT2D eigenvalue weighted by atomic mass is 10.1. The first-order valence-corrected chi connectivity index (χ1v) is 8.28. The summed E-state index contributed by atoms with van der Waals surface area (Å²) in [4.78, 5) is -0.123. The van der Waals surface area contributed by atoms with E-state index in [4.69, 9.17) is 4.52 Å². The number of aliphatic hydroxyl groups is 1. The Morgan fingerprint density at radius 1 is 1.25 bits per heavy atom. The molecule has 0 aliphatic rings. The molecule has 0 aliphatic carbocycles. The molecular weight excluding hydrogens is 349 g/mol. The zero-order valence-corrected chi connectivity index (χ0v) is 13.6. The van der Waals surface area contributed by atoms with Crippen LogP contribution in [0.1, 0.15) is 28.7 Å². The number of halogens is 3. The number of alkyl halides is 3. The molecule has 132 valence electrons. The summed E-state index contributed by atoms with van der Waals surface area (Å²) in [5.41, 5.74) is -0.525. The lowest BCUT2D eigenvalue weighted by molar-refractivity contribution is -0.137. The average Bonchev–Trinajstić information content (AvgIpc) is 2.84. The van der Waals surface area contributed by atoms with Gasteiger partial charge in [-0.2, -0.15) is 13.2 Å². The number of sulfonamides is 1. The fourth-order valence-corrected chi connectivity index (χ4v) is 3.49. The second-order valence-corrected chi connectivity index (χ2v) is 6.84. The van der Waals surface area contributed by atoms with Crippen LogP contribution in [0.4, 0.5) is 13.2 Å². The third-order valence-corrected chi connectivity index (χ3v) is 4.99. The number of rotatable bonds is 5. The molecule has 10 heteroatoms. The van der Waals surface area contributed by atoms with E-state index >= 15 is 0 Å². The highest BCUT2D eigenvalue weighted by atomic mass is 32.2. The molecule has 2 rings (SSSR count). The third-order valence-electron chi connectivity index (χ3n) is 3.33. The van der Waals surface area contributed by atoms with E-state index in [0.29, 0.717) is 0 Å². The number of aliphatic hydroxyl groups excluding tert-OH is 1. The van der Waals surface area contributed by atoms with E-state index in [2.05, 4.69) is 9.88 Å². The van der Waals surface area contributed by atoms with Crippen LogP contribution < -0.4 is 4.72 Å². The molecule has 0 saturated heterocycles. The first kappa shape index (κ1) is 18.4. The lowest BCUT2D eigenvalue weighted by Crippen LogP contribution is -2.29. The molecule has 1 atom stereocenters. The Balaban J connectivity index is 2.09. The zero-order chi connectivity index (χ0) is 18.1. The van der Waals surface area contributed by atoms with Crippen molar-refractivity contribution in [3.05, 3.63) is 46.8 Å². The van der Waals surface area contributed by atoms with Crippen molar-refractivity contribution in [1.29, 1.82) is 0 Å². The minimum atomic E-state index is -4.48. The molecule has 6 nitrogen and oxygen atoms in total. The van der Waals surface area contributed by atoms with E-state index in [-0.39, 0.29) is 21.9 Å². The molecule has 0 aliphatic heterocycles. The molecule has 2 N–H and O–H groups in total. The van der Waals surface area contributed by atoms with Gasteiger partial charge in [-0.1, -0.05) is 17.3 Å². The van der Waals surface area contributed by atoms with Crippen LogP contribution in [-0.4, -0.2) is 25.2 Å². The van der Waals surface area contributed by atoms with Gasteiger partial charge in [0.1, 0.15) is 10.6 Å². The summed E-state index contributed by atoms with van der Waals surface area (Å²) < 4.78 is 68.8. The number of nitrogens with zero attached hydrogens (tertiary/aromatic N) is 1. The second kappa shape index (κ2) is 6.54. The van der Waals surface area contributed by atoms with Crippen molar-refractivity contribution in [1.82, 2.24) is 9.88 Å². The van der Waals surface area contributed by atoms with Crippen LogP contribution in [0, 0.1) is 13.8 Å². The quantitative estimate of drug-likeness (QED) is 0.849. The Morgan fingerprint density at radius 3 is 2.29 bits per heavy atom. The molecule has 0 saturated carbocycles. The standard InChI is InChI=1S/C14H15F3N2O4S/c1-8-13(9(2)23-19-8)24(21,22)18-7-12(20)10-3-5-11(6-4-10)14(15,16)17/h3-6,12,18,20H,7H2,1-2H3. The van der Waals surface area contributed by atoms with Crippen molar-refractivity contribution in [3.8, 4) is 0 Å². The summed E-state index contributed by atoms with van der Waals surface area (Å²) in [7, 11) is -3.96. The predicted octanol–water partition coefficient (Wildman–Crippen LogP) is 2.32. The largest absolute Gasteiger partial charge is 0.416 e. The van der Waals surface area contributed by atoms with Crippen LogP contribution >= 0.6 is 0 Å². The fourth-order valence-electron chi connectivity index (χ4n) is 2.13. The summed E-state index contributed by atoms with van der Waals surface area (Å²) >= 11 is 0. The van der Waals surface area contributed by atoms with Crippen molar-refractivity contribution in [3.63, 3.8) is 0 Å². The van der Waals surface area contributed by atoms with Gasteiger partial charge in [-0.15, -0.1) is 0 Å². The number of aromatic nitrogens is 1. The summed E-state index contributed by atoms with van der Waals surface area (Å²) in [6.45, 7) is 2.48. The zero-order valence-electron chi connectivity index (χ0n) is 12.8. The molecule has 1 aromatic carbocycles. The lowest BCUT2D eigenvalue weighted by Gasteiger charge is -2.14. The topological polar surface area (TPSA) is 92.4 Å². The minimum Gasteiger partial charge on any atom is -0.387 e. The monoisotopic (exact) mass is 364 g/mol. The van der Waals surface area contributed by atoms with Gasteiger partial charge in [0, 0.05) is 6.54 Å². The SMILES string of the molecule is Cc1noc(C)c1S(=O)(=O)NCC(O)c1ccc(C(F)(F)F)cc1. The summed E-state index contributed by atoms with van der Waals surface area (Å²) in [5.74, 6) is 0.101. The van der Waals surface area contributed by atoms with E-state index in [1.807, 2.05) is 0 Å². The molecule has 0 amide bonds. The second-order valence-electron chi connectivity index (χ2n) is 5.14. The Hall–Kier alpha value is -1.91. The molecule has 1 heterocycles. The maximum absolute atomic E-state index is 12.5. The molecule has 0 fully saturated rings. The van der Waals surface area contributed by atoms with Crippen LogP contribution in [0.3, 0.4) is 0 Å². The highest BCUT2D eigenvalue weighted by Crippen LogP contribution is 2.30. The average molecular weight is 364 g/mol. The molecule has 0 spiro atoms. The van der Waals surface area contributed by atoms with Crippen LogP contribution in [-0.2, 0) is 16.2 Å². The first-order valence-electron chi connectivity index (χ1n) is 6.80. The fraction of sp³-hybridized carbons (Fsp3) is 0.357. The van der Waals surface area contributed by atoms with Gasteiger partial charge in [0.05, 0.1) is 11.7 Å². The van der Waals surface area contributed by atoms with E-state index < -0.39 is 34.4 Å². The number of hydrogen-bond donors (Lipinski definition) is 2. The Labute approximate surface area is 136 Å². The summed E-state index contributed by atoms with van der Waals surface area (Å²) in [5, 5.41) is 13.5. The highest BCUT2D eigenvalue weighted by molar-refractivity contribution is 7.89. The van der Waals surface area contributed by atoms with Crippen molar-refractivity contribution in [2.75, 3.05) is 6.54 Å². The van der Waals surface area contributed by atoms with E-state index in [1.165, 1.54) is 13.8 Å². The molecule has 24 heavy (non-hydrogen) atoms. The Bertz CT molecular complexity index is 794. The highest BCUT2D eigenvalue weighted by Gasteiger charge is 2.30. The molecule has 1 unspecified atom stereocenters. The molecule has 0 radical (unpaired) electrons. The Morgan fingerprint density at radius 2 is 1.83 bits per heavy atom. The minimum absolute atomic E-state index is 0.101. The van der Waals surface area contributed by atoms with Gasteiger partial charge in [-0.25, -0.2) is 13.1 Å². The number of benzene rings is 1. The first-order chi connectivity index (χ1) is 11.0. The van der Waals surface area contributed by atoms with Crippen LogP contribution in [0.15, 0.2) is 33.7 Å². The summed E-state index contributed by atoms with van der Waals surface area (Å²) in [6, 6.07) is 3.83. The molecule has 0 bridgehead atoms. The van der Waals surface area contributed by atoms with Crippen molar-refractivity contribution in [2.45, 2.75) is 31.0 Å². The third kappa shape index (κ3) is 3.94. The maximum atomic E-state index is 12.5.